The van der Waals surface area contributed by atoms with E-state index in [4.69, 9.17) is 0 Å². The fraction of sp³-hybridized carbons (Fsp3) is 0.364. The van der Waals surface area contributed by atoms with Crippen LogP contribution in [-0.2, 0) is 0 Å². The number of hydrogen-bond donors (Lipinski definition) is 0. The van der Waals surface area contributed by atoms with Crippen LogP contribution in [-0.4, -0.2) is 22.0 Å². The van der Waals surface area contributed by atoms with Gasteiger partial charge in [-0.2, -0.15) is 0 Å². The Morgan fingerprint density at radius 1 is 0.786 bits per heavy atom. The summed E-state index contributed by atoms with van der Waals surface area (Å²) in [5.74, 6) is 0. The number of fused-ring (bicyclic) bond motifs is 5. The molecule has 1 aliphatic heterocycles. The van der Waals surface area contributed by atoms with Crippen molar-refractivity contribution in [1.82, 2.24) is 13.9 Å². The van der Waals surface area contributed by atoms with Crippen LogP contribution in [0.15, 0.2) is 70.3 Å². The fourth-order valence-electron chi connectivity index (χ4n) is 5.59. The first-order valence-electron chi connectivity index (χ1n) is 10.1. The Morgan fingerprint density at radius 3 is 1.82 bits per heavy atom. The van der Waals surface area contributed by atoms with E-state index in [1.165, 1.54) is 9.75 Å². The Kier molecular flexibility index (Phi) is 3.88. The van der Waals surface area contributed by atoms with E-state index in [1.807, 2.05) is 30.3 Å². The van der Waals surface area contributed by atoms with Gasteiger partial charge in [0, 0.05) is 5.54 Å². The average Bonchev–Trinajstić information content (AvgIpc) is 3.10. The molecule has 3 aromatic rings. The van der Waals surface area contributed by atoms with Gasteiger partial charge in [-0.3, -0.25) is 0 Å². The van der Waals surface area contributed by atoms with Gasteiger partial charge in [-0.05, 0) is 31.4 Å². The largest absolute Gasteiger partial charge is 0.352 e. The zero-order valence-electron chi connectivity index (χ0n) is 16.3. The van der Waals surface area contributed by atoms with Gasteiger partial charge in [-0.1, -0.05) is 66.8 Å². The second-order valence-corrected chi connectivity index (χ2v) is 13.3. The topological polar surface area (TPSA) is 48.9 Å². The van der Waals surface area contributed by atoms with Gasteiger partial charge in [0.1, 0.15) is 0 Å². The SMILES string of the molecule is C[Si](C)(c1ccccc1)C1[C@H]2CCC[C@@H]1n1c(=O)n(-c3ccccc3)c(=O)n12. The molecule has 2 aliphatic rings. The highest BCUT2D eigenvalue weighted by Crippen LogP contribution is 2.53. The highest BCUT2D eigenvalue weighted by atomic mass is 28.3. The van der Waals surface area contributed by atoms with Crippen LogP contribution in [0.1, 0.15) is 31.3 Å². The van der Waals surface area contributed by atoms with Gasteiger partial charge in [0.2, 0.25) is 0 Å². The lowest BCUT2D eigenvalue weighted by Gasteiger charge is -2.39. The maximum absolute atomic E-state index is 13.4. The molecule has 144 valence electrons. The molecule has 5 nitrogen and oxygen atoms in total. The predicted octanol–water partition coefficient (Wildman–Crippen LogP) is 3.07. The Labute approximate surface area is 164 Å². The summed E-state index contributed by atoms with van der Waals surface area (Å²) in [6.07, 6.45) is 3.02. The first-order chi connectivity index (χ1) is 13.5. The molecule has 0 radical (unpaired) electrons. The summed E-state index contributed by atoms with van der Waals surface area (Å²) in [7, 11) is -1.88. The lowest BCUT2D eigenvalue weighted by Crippen LogP contribution is -2.50. The van der Waals surface area contributed by atoms with E-state index in [-0.39, 0.29) is 23.5 Å². The maximum Gasteiger partial charge on any atom is 0.352 e. The molecule has 0 amide bonds. The summed E-state index contributed by atoms with van der Waals surface area (Å²) in [5.41, 5.74) is 0.650. The Balaban J connectivity index is 1.67. The number of aromatic nitrogens is 3. The molecular weight excluding hydrogens is 366 g/mol. The normalized spacial score (nSPS) is 23.6. The standard InChI is InChI=1S/C22H25N3O2Si/c1-28(2,17-12-7-4-8-13-17)20-18-14-9-15-19(20)25-22(27)23(21(26)24(18)25)16-10-5-3-6-11-16/h3-8,10-13,18-20H,9,14-15H2,1-2H3/t18-,19+,20?. The van der Waals surface area contributed by atoms with Crippen molar-refractivity contribution in [3.63, 3.8) is 0 Å². The average molecular weight is 392 g/mol. The van der Waals surface area contributed by atoms with Crippen LogP contribution in [0.5, 0.6) is 0 Å². The van der Waals surface area contributed by atoms with E-state index < -0.39 is 8.07 Å². The lowest BCUT2D eigenvalue weighted by atomic mass is 9.92. The van der Waals surface area contributed by atoms with E-state index in [0.29, 0.717) is 11.2 Å². The third kappa shape index (κ3) is 2.30. The van der Waals surface area contributed by atoms with Crippen LogP contribution in [0, 0.1) is 0 Å². The molecule has 2 heterocycles. The van der Waals surface area contributed by atoms with Crippen LogP contribution >= 0.6 is 0 Å². The Hall–Kier alpha value is -2.60. The number of para-hydroxylation sites is 1. The van der Waals surface area contributed by atoms with Crippen molar-refractivity contribution in [2.24, 2.45) is 0 Å². The molecule has 1 fully saturated rings. The summed E-state index contributed by atoms with van der Waals surface area (Å²) in [4.78, 5) is 26.7. The van der Waals surface area contributed by atoms with E-state index in [1.54, 1.807) is 9.36 Å². The van der Waals surface area contributed by atoms with E-state index in [0.717, 1.165) is 19.3 Å². The summed E-state index contributed by atoms with van der Waals surface area (Å²) in [5, 5.41) is 1.40. The minimum Gasteiger partial charge on any atom is -0.245 e. The molecule has 28 heavy (non-hydrogen) atoms. The van der Waals surface area contributed by atoms with Crippen molar-refractivity contribution < 1.29 is 0 Å². The summed E-state index contributed by atoms with van der Waals surface area (Å²) < 4.78 is 4.95. The summed E-state index contributed by atoms with van der Waals surface area (Å²) in [6.45, 7) is 4.79. The Morgan fingerprint density at radius 2 is 1.29 bits per heavy atom. The molecule has 5 rings (SSSR count). The fourth-order valence-corrected chi connectivity index (χ4v) is 9.57. The molecule has 2 aromatic carbocycles. The van der Waals surface area contributed by atoms with Gasteiger partial charge in [-0.25, -0.2) is 23.5 Å². The molecule has 0 saturated heterocycles. The molecule has 1 unspecified atom stereocenters. The van der Waals surface area contributed by atoms with Crippen LogP contribution in [0.3, 0.4) is 0 Å². The molecule has 0 N–H and O–H groups in total. The summed E-state index contributed by atoms with van der Waals surface area (Å²) in [6, 6.07) is 20.2. The highest BCUT2D eigenvalue weighted by molar-refractivity contribution is 6.91. The van der Waals surface area contributed by atoms with E-state index in [2.05, 4.69) is 43.4 Å². The van der Waals surface area contributed by atoms with E-state index >= 15 is 0 Å². The third-order valence-corrected chi connectivity index (χ3v) is 11.1. The van der Waals surface area contributed by atoms with Crippen LogP contribution in [0.2, 0.25) is 18.6 Å². The quantitative estimate of drug-likeness (QED) is 0.644. The van der Waals surface area contributed by atoms with Crippen molar-refractivity contribution in [1.29, 1.82) is 0 Å². The monoisotopic (exact) mass is 391 g/mol. The first-order valence-corrected chi connectivity index (χ1v) is 13.2. The zero-order valence-corrected chi connectivity index (χ0v) is 17.3. The molecule has 1 saturated carbocycles. The smallest absolute Gasteiger partial charge is 0.245 e. The van der Waals surface area contributed by atoms with Gasteiger partial charge in [0.25, 0.3) is 0 Å². The zero-order chi connectivity index (χ0) is 19.5. The second kappa shape index (κ2) is 6.20. The predicted molar refractivity (Wildman–Crippen MR) is 114 cm³/mol. The van der Waals surface area contributed by atoms with Gasteiger partial charge in [-0.15, -0.1) is 0 Å². The minimum absolute atomic E-state index is 0.116. The van der Waals surface area contributed by atoms with Gasteiger partial charge < -0.3 is 0 Å². The molecule has 2 bridgehead atoms. The molecule has 0 spiro atoms. The van der Waals surface area contributed by atoms with Crippen molar-refractivity contribution in [2.45, 2.75) is 50.0 Å². The second-order valence-electron chi connectivity index (χ2n) is 8.60. The number of benzene rings is 2. The maximum atomic E-state index is 13.4. The lowest BCUT2D eigenvalue weighted by molar-refractivity contribution is 0.362. The molecule has 6 heteroatoms. The van der Waals surface area contributed by atoms with Crippen molar-refractivity contribution in [2.75, 3.05) is 0 Å². The van der Waals surface area contributed by atoms with Crippen molar-refractivity contribution in [3.8, 4) is 5.69 Å². The first kappa shape index (κ1) is 17.5. The van der Waals surface area contributed by atoms with E-state index in [9.17, 15) is 9.59 Å². The molecule has 1 aromatic heterocycles. The van der Waals surface area contributed by atoms with Crippen molar-refractivity contribution >= 4 is 13.3 Å². The van der Waals surface area contributed by atoms with Crippen LogP contribution in [0.4, 0.5) is 0 Å². The molecule has 3 atom stereocenters. The minimum atomic E-state index is -1.88. The number of nitrogens with zero attached hydrogens (tertiary/aromatic N) is 3. The number of hydrogen-bond acceptors (Lipinski definition) is 2. The van der Waals surface area contributed by atoms with Gasteiger partial charge >= 0.3 is 11.4 Å². The molecular formula is C22H25N3O2Si. The van der Waals surface area contributed by atoms with Gasteiger partial charge in [0.15, 0.2) is 0 Å². The summed E-state index contributed by atoms with van der Waals surface area (Å²) >= 11 is 0. The van der Waals surface area contributed by atoms with Crippen molar-refractivity contribution in [3.05, 3.63) is 81.6 Å². The van der Waals surface area contributed by atoms with Crippen LogP contribution in [0.25, 0.3) is 5.69 Å². The molecule has 1 aliphatic carbocycles. The van der Waals surface area contributed by atoms with Gasteiger partial charge in [0.05, 0.1) is 25.8 Å². The third-order valence-electron chi connectivity index (χ3n) is 6.83. The van der Waals surface area contributed by atoms with Crippen LogP contribution < -0.4 is 16.6 Å². The highest BCUT2D eigenvalue weighted by Gasteiger charge is 2.53. The Bertz CT molecular complexity index is 1080. The number of rotatable bonds is 3.